The Balaban J connectivity index is 1.73. The normalized spacial score (nSPS) is 12.5. The molecule has 0 fully saturated rings. The molecule has 3 aromatic rings. The lowest BCUT2D eigenvalue weighted by Gasteiger charge is -2.08. The Bertz CT molecular complexity index is 700. The predicted molar refractivity (Wildman–Crippen MR) is 85.2 cm³/mol. The molecule has 2 aromatic carbocycles. The van der Waals surface area contributed by atoms with Crippen LogP contribution >= 0.6 is 11.3 Å². The molecule has 1 heterocycles. The van der Waals surface area contributed by atoms with Crippen molar-refractivity contribution in [3.8, 4) is 5.75 Å². The van der Waals surface area contributed by atoms with Gasteiger partial charge in [0.1, 0.15) is 12.4 Å². The van der Waals surface area contributed by atoms with Crippen molar-refractivity contribution in [3.05, 3.63) is 65.0 Å². The van der Waals surface area contributed by atoms with E-state index in [-0.39, 0.29) is 6.04 Å². The van der Waals surface area contributed by atoms with Gasteiger partial charge < -0.3 is 10.5 Å². The molecule has 3 heteroatoms. The zero-order chi connectivity index (χ0) is 13.9. The van der Waals surface area contributed by atoms with Gasteiger partial charge in [0.15, 0.2) is 0 Å². The molecule has 0 radical (unpaired) electrons. The van der Waals surface area contributed by atoms with E-state index in [2.05, 4.69) is 29.6 Å². The minimum absolute atomic E-state index is 0.0601. The molecule has 20 heavy (non-hydrogen) atoms. The molecular weight excluding hydrogens is 266 g/mol. The summed E-state index contributed by atoms with van der Waals surface area (Å²) in [5, 5.41) is 3.45. The van der Waals surface area contributed by atoms with Crippen LogP contribution in [0.3, 0.4) is 0 Å². The Morgan fingerprint density at radius 3 is 2.60 bits per heavy atom. The molecule has 1 aromatic heterocycles. The third-order valence-corrected chi connectivity index (χ3v) is 4.37. The third kappa shape index (κ3) is 2.69. The van der Waals surface area contributed by atoms with E-state index in [1.807, 2.05) is 31.2 Å². The smallest absolute Gasteiger partial charge is 0.119 e. The molecule has 0 saturated carbocycles. The Hall–Kier alpha value is -1.84. The van der Waals surface area contributed by atoms with Crippen LogP contribution in [-0.4, -0.2) is 0 Å². The molecule has 102 valence electrons. The quantitative estimate of drug-likeness (QED) is 0.765. The van der Waals surface area contributed by atoms with Crippen molar-refractivity contribution in [2.75, 3.05) is 0 Å². The standard InChI is InChI=1S/C17H17NOS/c1-12(18)13-6-8-15(9-7-13)19-10-14-11-20-17-5-3-2-4-16(14)17/h2-9,11-12H,10,18H2,1H3/t12-/m0/s1. The van der Waals surface area contributed by atoms with Gasteiger partial charge in [-0.2, -0.15) is 0 Å². The van der Waals surface area contributed by atoms with Gasteiger partial charge in [0.2, 0.25) is 0 Å². The van der Waals surface area contributed by atoms with Crippen molar-refractivity contribution in [2.24, 2.45) is 5.73 Å². The zero-order valence-electron chi connectivity index (χ0n) is 11.4. The van der Waals surface area contributed by atoms with Crippen LogP contribution in [-0.2, 0) is 6.61 Å². The van der Waals surface area contributed by atoms with Gasteiger partial charge >= 0.3 is 0 Å². The van der Waals surface area contributed by atoms with Crippen molar-refractivity contribution >= 4 is 21.4 Å². The summed E-state index contributed by atoms with van der Waals surface area (Å²) in [5.74, 6) is 0.879. The second-order valence-corrected chi connectivity index (χ2v) is 5.81. The lowest BCUT2D eigenvalue weighted by atomic mass is 10.1. The molecule has 0 amide bonds. The Morgan fingerprint density at radius 1 is 1.10 bits per heavy atom. The van der Waals surface area contributed by atoms with Gasteiger partial charge in [0.25, 0.3) is 0 Å². The molecule has 0 bridgehead atoms. The summed E-state index contributed by atoms with van der Waals surface area (Å²) in [4.78, 5) is 0. The average molecular weight is 283 g/mol. The summed E-state index contributed by atoms with van der Waals surface area (Å²) in [6.45, 7) is 2.58. The summed E-state index contributed by atoms with van der Waals surface area (Å²) in [6, 6.07) is 16.5. The first-order valence-electron chi connectivity index (χ1n) is 6.67. The number of ether oxygens (including phenoxy) is 1. The maximum absolute atomic E-state index is 5.86. The number of hydrogen-bond acceptors (Lipinski definition) is 3. The van der Waals surface area contributed by atoms with Crippen LogP contribution in [0.2, 0.25) is 0 Å². The van der Waals surface area contributed by atoms with Crippen LogP contribution in [0, 0.1) is 0 Å². The van der Waals surface area contributed by atoms with Crippen LogP contribution < -0.4 is 10.5 Å². The second-order valence-electron chi connectivity index (χ2n) is 4.90. The number of nitrogens with two attached hydrogens (primary N) is 1. The highest BCUT2D eigenvalue weighted by Gasteiger charge is 2.04. The van der Waals surface area contributed by atoms with Gasteiger partial charge in [-0.25, -0.2) is 0 Å². The minimum atomic E-state index is 0.0601. The summed E-state index contributed by atoms with van der Waals surface area (Å²) in [6.07, 6.45) is 0. The summed E-state index contributed by atoms with van der Waals surface area (Å²) < 4.78 is 7.16. The van der Waals surface area contributed by atoms with Gasteiger partial charge in [-0.3, -0.25) is 0 Å². The zero-order valence-corrected chi connectivity index (χ0v) is 12.2. The van der Waals surface area contributed by atoms with Gasteiger partial charge in [0.05, 0.1) is 0 Å². The van der Waals surface area contributed by atoms with Crippen molar-refractivity contribution in [3.63, 3.8) is 0 Å². The second kappa shape index (κ2) is 5.65. The molecule has 1 atom stereocenters. The fourth-order valence-corrected chi connectivity index (χ4v) is 3.12. The van der Waals surface area contributed by atoms with Crippen molar-refractivity contribution < 1.29 is 4.74 Å². The van der Waals surface area contributed by atoms with E-state index < -0.39 is 0 Å². The number of rotatable bonds is 4. The van der Waals surface area contributed by atoms with E-state index in [1.165, 1.54) is 15.6 Å². The van der Waals surface area contributed by atoms with Crippen LogP contribution in [0.4, 0.5) is 0 Å². The van der Waals surface area contributed by atoms with Crippen molar-refractivity contribution in [1.29, 1.82) is 0 Å². The third-order valence-electron chi connectivity index (χ3n) is 3.36. The highest BCUT2D eigenvalue weighted by Crippen LogP contribution is 2.27. The first kappa shape index (κ1) is 13.2. The minimum Gasteiger partial charge on any atom is -0.489 e. The lowest BCUT2D eigenvalue weighted by molar-refractivity contribution is 0.308. The SMILES string of the molecule is C[C@H](N)c1ccc(OCc2csc3ccccc23)cc1. The highest BCUT2D eigenvalue weighted by molar-refractivity contribution is 7.17. The molecule has 0 spiro atoms. The van der Waals surface area contributed by atoms with Crippen LogP contribution in [0.15, 0.2) is 53.9 Å². The van der Waals surface area contributed by atoms with E-state index in [0.717, 1.165) is 11.3 Å². The predicted octanol–water partition coefficient (Wildman–Crippen LogP) is 4.50. The summed E-state index contributed by atoms with van der Waals surface area (Å²) in [5.41, 5.74) is 8.20. The molecule has 0 aliphatic heterocycles. The van der Waals surface area contributed by atoms with Gasteiger partial charge in [0, 0.05) is 16.3 Å². The topological polar surface area (TPSA) is 35.2 Å². The molecule has 0 saturated heterocycles. The highest BCUT2D eigenvalue weighted by atomic mass is 32.1. The molecule has 3 rings (SSSR count). The Labute approximate surface area is 122 Å². The van der Waals surface area contributed by atoms with Crippen LogP contribution in [0.25, 0.3) is 10.1 Å². The number of thiophene rings is 1. The summed E-state index contributed by atoms with van der Waals surface area (Å²) >= 11 is 1.76. The molecule has 0 aliphatic carbocycles. The molecule has 0 unspecified atom stereocenters. The number of fused-ring (bicyclic) bond motifs is 1. The largest absolute Gasteiger partial charge is 0.489 e. The average Bonchev–Trinajstić information content (AvgIpc) is 2.89. The number of benzene rings is 2. The molecular formula is C17H17NOS. The van der Waals surface area contributed by atoms with Gasteiger partial charge in [-0.1, -0.05) is 30.3 Å². The molecule has 2 nitrogen and oxygen atoms in total. The van der Waals surface area contributed by atoms with E-state index in [1.54, 1.807) is 11.3 Å². The fourth-order valence-electron chi connectivity index (χ4n) is 2.17. The van der Waals surface area contributed by atoms with Crippen LogP contribution in [0.1, 0.15) is 24.1 Å². The Kier molecular flexibility index (Phi) is 3.72. The maximum Gasteiger partial charge on any atom is 0.119 e. The number of hydrogen-bond donors (Lipinski definition) is 1. The molecule has 2 N–H and O–H groups in total. The van der Waals surface area contributed by atoms with E-state index in [0.29, 0.717) is 6.61 Å². The van der Waals surface area contributed by atoms with Gasteiger partial charge in [-0.05, 0) is 41.5 Å². The van der Waals surface area contributed by atoms with Crippen molar-refractivity contribution in [2.45, 2.75) is 19.6 Å². The van der Waals surface area contributed by atoms with Crippen LogP contribution in [0.5, 0.6) is 5.75 Å². The monoisotopic (exact) mass is 283 g/mol. The van der Waals surface area contributed by atoms with E-state index in [9.17, 15) is 0 Å². The fraction of sp³-hybridized carbons (Fsp3) is 0.176. The lowest BCUT2D eigenvalue weighted by Crippen LogP contribution is -2.04. The van der Waals surface area contributed by atoms with E-state index >= 15 is 0 Å². The maximum atomic E-state index is 5.86. The van der Waals surface area contributed by atoms with E-state index in [4.69, 9.17) is 10.5 Å². The Morgan fingerprint density at radius 2 is 1.85 bits per heavy atom. The first-order valence-corrected chi connectivity index (χ1v) is 7.55. The van der Waals surface area contributed by atoms with Gasteiger partial charge in [-0.15, -0.1) is 11.3 Å². The summed E-state index contributed by atoms with van der Waals surface area (Å²) in [7, 11) is 0. The first-order chi connectivity index (χ1) is 9.74. The molecule has 0 aliphatic rings. The van der Waals surface area contributed by atoms with Crippen molar-refractivity contribution in [1.82, 2.24) is 0 Å².